The molecule has 3 heteroatoms. The largest absolute Gasteiger partial charge is 0.330 e. The fourth-order valence-corrected chi connectivity index (χ4v) is 2.21. The molecule has 0 aliphatic carbocycles. The summed E-state index contributed by atoms with van der Waals surface area (Å²) < 4.78 is 2.32. The molecule has 0 saturated carbocycles. The second-order valence-corrected chi connectivity index (χ2v) is 4.17. The monoisotopic (exact) mass is 217 g/mol. The Bertz CT molecular complexity index is 473. The number of hydrogen-bond donors (Lipinski definition) is 1. The molecule has 1 heterocycles. The first-order chi connectivity index (χ1) is 7.77. The summed E-state index contributed by atoms with van der Waals surface area (Å²) in [6, 6.07) is 8.73. The number of rotatable bonds is 4. The van der Waals surface area contributed by atoms with Gasteiger partial charge < -0.3 is 10.3 Å². The van der Waals surface area contributed by atoms with Gasteiger partial charge in [-0.1, -0.05) is 19.1 Å². The molecule has 1 aromatic carbocycles. The third-order valence-corrected chi connectivity index (χ3v) is 3.01. The van der Waals surface area contributed by atoms with Crippen molar-refractivity contribution in [3.8, 4) is 0 Å². The number of nitrogens with two attached hydrogens (primary N) is 1. The van der Waals surface area contributed by atoms with Gasteiger partial charge in [0, 0.05) is 12.5 Å². The summed E-state index contributed by atoms with van der Waals surface area (Å²) in [5.41, 5.74) is 7.95. The molecule has 16 heavy (non-hydrogen) atoms. The van der Waals surface area contributed by atoms with Crippen LogP contribution >= 0.6 is 0 Å². The van der Waals surface area contributed by atoms with Crippen LogP contribution in [0.2, 0.25) is 0 Å². The van der Waals surface area contributed by atoms with E-state index in [1.54, 1.807) is 0 Å². The third-order valence-electron chi connectivity index (χ3n) is 3.01. The predicted molar refractivity (Wildman–Crippen MR) is 67.5 cm³/mol. The van der Waals surface area contributed by atoms with Gasteiger partial charge in [0.05, 0.1) is 11.0 Å². The van der Waals surface area contributed by atoms with E-state index in [1.807, 2.05) is 6.07 Å². The van der Waals surface area contributed by atoms with E-state index in [1.165, 1.54) is 5.52 Å². The fraction of sp³-hybridized carbons (Fsp3) is 0.462. The van der Waals surface area contributed by atoms with Crippen molar-refractivity contribution < 1.29 is 0 Å². The van der Waals surface area contributed by atoms with Gasteiger partial charge in [0.15, 0.2) is 0 Å². The predicted octanol–water partition coefficient (Wildman–Crippen LogP) is 2.51. The number of nitrogens with zero attached hydrogens (tertiary/aromatic N) is 2. The van der Waals surface area contributed by atoms with Crippen molar-refractivity contribution in [3.63, 3.8) is 0 Å². The van der Waals surface area contributed by atoms with Crippen molar-refractivity contribution in [3.05, 3.63) is 30.1 Å². The van der Waals surface area contributed by atoms with Crippen molar-refractivity contribution in [1.82, 2.24) is 9.55 Å². The summed E-state index contributed by atoms with van der Waals surface area (Å²) in [6.07, 6.45) is 1.96. The zero-order chi connectivity index (χ0) is 11.5. The van der Waals surface area contributed by atoms with Crippen molar-refractivity contribution in [2.24, 2.45) is 5.73 Å². The smallest absolute Gasteiger partial charge is 0.109 e. The standard InChI is InChI=1S/C13H19N3/c1-3-13-15-11-6-4-5-7-12(11)16(13)10(2)8-9-14/h4-7,10H,3,8-9,14H2,1-2H3. The van der Waals surface area contributed by atoms with Crippen LogP contribution in [0, 0.1) is 0 Å². The quantitative estimate of drug-likeness (QED) is 0.855. The topological polar surface area (TPSA) is 43.8 Å². The minimum atomic E-state index is 0.423. The molecule has 86 valence electrons. The van der Waals surface area contributed by atoms with Crippen LogP contribution in [0.15, 0.2) is 24.3 Å². The second kappa shape index (κ2) is 4.66. The highest BCUT2D eigenvalue weighted by atomic mass is 15.1. The molecule has 2 aromatic rings. The summed E-state index contributed by atoms with van der Waals surface area (Å²) in [4.78, 5) is 4.66. The summed E-state index contributed by atoms with van der Waals surface area (Å²) in [6.45, 7) is 5.07. The molecule has 0 fully saturated rings. The third kappa shape index (κ3) is 1.83. The number of benzene rings is 1. The van der Waals surface area contributed by atoms with Gasteiger partial charge >= 0.3 is 0 Å². The van der Waals surface area contributed by atoms with Crippen LogP contribution in [0.5, 0.6) is 0 Å². The van der Waals surface area contributed by atoms with Gasteiger partial charge in [-0.2, -0.15) is 0 Å². The minimum absolute atomic E-state index is 0.423. The Balaban J connectivity index is 2.55. The molecule has 0 aliphatic heterocycles. The molecule has 1 atom stereocenters. The SMILES string of the molecule is CCc1nc2ccccc2n1C(C)CCN. The van der Waals surface area contributed by atoms with Gasteiger partial charge in [-0.15, -0.1) is 0 Å². The molecule has 0 saturated heterocycles. The van der Waals surface area contributed by atoms with E-state index in [2.05, 4.69) is 41.6 Å². The minimum Gasteiger partial charge on any atom is -0.330 e. The molecule has 3 nitrogen and oxygen atoms in total. The van der Waals surface area contributed by atoms with Crippen molar-refractivity contribution in [2.45, 2.75) is 32.7 Å². The van der Waals surface area contributed by atoms with Crippen LogP contribution < -0.4 is 5.73 Å². The number of para-hydroxylation sites is 2. The normalized spacial score (nSPS) is 13.2. The van der Waals surface area contributed by atoms with Gasteiger partial charge in [-0.05, 0) is 32.0 Å². The molecular weight excluding hydrogens is 198 g/mol. The molecule has 2 rings (SSSR count). The maximum Gasteiger partial charge on any atom is 0.109 e. The van der Waals surface area contributed by atoms with E-state index in [0.717, 1.165) is 30.7 Å². The molecule has 1 aromatic heterocycles. The molecule has 0 radical (unpaired) electrons. The maximum atomic E-state index is 5.64. The molecular formula is C13H19N3. The highest BCUT2D eigenvalue weighted by molar-refractivity contribution is 5.76. The van der Waals surface area contributed by atoms with E-state index in [0.29, 0.717) is 6.04 Å². The van der Waals surface area contributed by atoms with Crippen LogP contribution in [0.3, 0.4) is 0 Å². The second-order valence-electron chi connectivity index (χ2n) is 4.17. The summed E-state index contributed by atoms with van der Waals surface area (Å²) in [5.74, 6) is 1.15. The molecule has 0 bridgehead atoms. The van der Waals surface area contributed by atoms with Gasteiger partial charge in [0.2, 0.25) is 0 Å². The van der Waals surface area contributed by atoms with Crippen LogP contribution in [0.4, 0.5) is 0 Å². The van der Waals surface area contributed by atoms with Crippen LogP contribution in [-0.4, -0.2) is 16.1 Å². The molecule has 2 N–H and O–H groups in total. The van der Waals surface area contributed by atoms with Crippen molar-refractivity contribution in [1.29, 1.82) is 0 Å². The number of hydrogen-bond acceptors (Lipinski definition) is 2. The lowest BCUT2D eigenvalue weighted by Crippen LogP contribution is -2.13. The first-order valence-corrected chi connectivity index (χ1v) is 5.93. The Kier molecular flexibility index (Phi) is 3.25. The zero-order valence-electron chi connectivity index (χ0n) is 9.98. The summed E-state index contributed by atoms with van der Waals surface area (Å²) in [7, 11) is 0. The Hall–Kier alpha value is -1.35. The van der Waals surface area contributed by atoms with Crippen LogP contribution in [0.25, 0.3) is 11.0 Å². The maximum absolute atomic E-state index is 5.64. The van der Waals surface area contributed by atoms with Gasteiger partial charge in [-0.3, -0.25) is 0 Å². The average molecular weight is 217 g/mol. The van der Waals surface area contributed by atoms with Crippen molar-refractivity contribution >= 4 is 11.0 Å². The number of aromatic nitrogens is 2. The van der Waals surface area contributed by atoms with Gasteiger partial charge in [0.1, 0.15) is 5.82 Å². The Morgan fingerprint density at radius 1 is 1.38 bits per heavy atom. The number of aryl methyl sites for hydroxylation is 1. The number of fused-ring (bicyclic) bond motifs is 1. The number of imidazole rings is 1. The van der Waals surface area contributed by atoms with E-state index < -0.39 is 0 Å². The average Bonchev–Trinajstić information content (AvgIpc) is 2.67. The summed E-state index contributed by atoms with van der Waals surface area (Å²) in [5, 5.41) is 0. The Morgan fingerprint density at radius 3 is 2.81 bits per heavy atom. The van der Waals surface area contributed by atoms with Crippen LogP contribution in [0.1, 0.15) is 32.1 Å². The molecule has 0 aliphatic rings. The van der Waals surface area contributed by atoms with Crippen molar-refractivity contribution in [2.75, 3.05) is 6.54 Å². The lowest BCUT2D eigenvalue weighted by Gasteiger charge is -2.16. The first-order valence-electron chi connectivity index (χ1n) is 5.93. The lowest BCUT2D eigenvalue weighted by molar-refractivity contribution is 0.508. The van der Waals surface area contributed by atoms with E-state index in [-0.39, 0.29) is 0 Å². The highest BCUT2D eigenvalue weighted by Gasteiger charge is 2.13. The molecule has 0 spiro atoms. The van der Waals surface area contributed by atoms with E-state index >= 15 is 0 Å². The lowest BCUT2D eigenvalue weighted by atomic mass is 10.2. The zero-order valence-corrected chi connectivity index (χ0v) is 9.98. The van der Waals surface area contributed by atoms with E-state index in [4.69, 9.17) is 5.73 Å². The fourth-order valence-electron chi connectivity index (χ4n) is 2.21. The van der Waals surface area contributed by atoms with Crippen LogP contribution in [-0.2, 0) is 6.42 Å². The Morgan fingerprint density at radius 2 is 2.12 bits per heavy atom. The van der Waals surface area contributed by atoms with Gasteiger partial charge in [0.25, 0.3) is 0 Å². The van der Waals surface area contributed by atoms with E-state index in [9.17, 15) is 0 Å². The summed E-state index contributed by atoms with van der Waals surface area (Å²) >= 11 is 0. The highest BCUT2D eigenvalue weighted by Crippen LogP contribution is 2.22. The van der Waals surface area contributed by atoms with Gasteiger partial charge in [-0.25, -0.2) is 4.98 Å². The first kappa shape index (κ1) is 11.1. The molecule has 1 unspecified atom stereocenters. The Labute approximate surface area is 96.3 Å². The molecule has 0 amide bonds.